The molecule has 2 heterocycles. The normalized spacial score (nSPS) is 21.7. The Hall–Kier alpha value is -3.32. The number of rotatable bonds is 3. The molecular weight excluding hydrogens is 394 g/mol. The molecule has 0 unspecified atom stereocenters. The smallest absolute Gasteiger partial charge is 0.277 e. The van der Waals surface area contributed by atoms with Crippen molar-refractivity contribution in [2.24, 2.45) is 4.99 Å². The van der Waals surface area contributed by atoms with Crippen LogP contribution in [0.25, 0.3) is 5.57 Å². The number of aliphatic hydroxyl groups is 1. The Morgan fingerprint density at radius 2 is 1.68 bits per heavy atom. The molecule has 31 heavy (non-hydrogen) atoms. The van der Waals surface area contributed by atoms with Gasteiger partial charge in [0.2, 0.25) is 0 Å². The molecule has 1 saturated carbocycles. The minimum absolute atomic E-state index is 0.104. The van der Waals surface area contributed by atoms with E-state index in [-0.39, 0.29) is 17.7 Å². The number of carbonyl (C=O) groups is 3. The number of aliphatic imine (C=N–C) groups is 1. The highest BCUT2D eigenvalue weighted by Crippen LogP contribution is 2.37. The maximum atomic E-state index is 12.9. The summed E-state index contributed by atoms with van der Waals surface area (Å²) in [5, 5.41) is 10.0. The quantitative estimate of drug-likeness (QED) is 0.811. The molecule has 0 aromatic heterocycles. The van der Waals surface area contributed by atoms with Crippen LogP contribution in [0.15, 0.2) is 59.1 Å². The van der Waals surface area contributed by atoms with Gasteiger partial charge in [-0.3, -0.25) is 14.4 Å². The Morgan fingerprint density at radius 1 is 1.00 bits per heavy atom. The van der Waals surface area contributed by atoms with Crippen LogP contribution in [0.3, 0.4) is 0 Å². The van der Waals surface area contributed by atoms with Gasteiger partial charge in [-0.25, -0.2) is 4.99 Å². The van der Waals surface area contributed by atoms with Gasteiger partial charge in [0, 0.05) is 43.7 Å². The third kappa shape index (κ3) is 3.65. The minimum Gasteiger partial charge on any atom is -0.380 e. The van der Waals surface area contributed by atoms with E-state index in [1.807, 2.05) is 24.3 Å². The second-order valence-electron chi connectivity index (χ2n) is 8.37. The predicted molar refractivity (Wildman–Crippen MR) is 115 cm³/mol. The van der Waals surface area contributed by atoms with Crippen LogP contribution in [0.5, 0.6) is 0 Å². The standard InChI is InChI=1S/C24H23N3O4/c28-21-19(15-18-3-1-2-4-20(18)25-21)16-5-7-17(8-6-16)22(29)26-11-13-27(14-12-26)23(30)24(31)9-10-24/h1-3,5-8,15,31H,4,9-14H2. The van der Waals surface area contributed by atoms with E-state index in [4.69, 9.17) is 0 Å². The molecule has 0 bridgehead atoms. The zero-order valence-electron chi connectivity index (χ0n) is 17.1. The molecule has 2 fully saturated rings. The average molecular weight is 417 g/mol. The largest absolute Gasteiger partial charge is 0.380 e. The maximum absolute atomic E-state index is 12.9. The second-order valence-corrected chi connectivity index (χ2v) is 8.37. The highest BCUT2D eigenvalue weighted by Gasteiger charge is 2.50. The topological polar surface area (TPSA) is 90.3 Å². The van der Waals surface area contributed by atoms with Crippen molar-refractivity contribution in [1.82, 2.24) is 9.80 Å². The number of piperazine rings is 1. The number of dihydropyridines is 1. The first-order valence-corrected chi connectivity index (χ1v) is 10.6. The number of allylic oxidation sites excluding steroid dienone is 5. The molecule has 1 aromatic carbocycles. The Balaban J connectivity index is 1.25. The highest BCUT2D eigenvalue weighted by molar-refractivity contribution is 6.29. The average Bonchev–Trinajstić information content (AvgIpc) is 3.56. The van der Waals surface area contributed by atoms with Gasteiger partial charge in [-0.15, -0.1) is 0 Å². The summed E-state index contributed by atoms with van der Waals surface area (Å²) in [4.78, 5) is 45.1. The molecule has 158 valence electrons. The van der Waals surface area contributed by atoms with Gasteiger partial charge in [0.15, 0.2) is 0 Å². The monoisotopic (exact) mass is 417 g/mol. The van der Waals surface area contributed by atoms with Crippen LogP contribution in [0.2, 0.25) is 0 Å². The van der Waals surface area contributed by atoms with Crippen LogP contribution in [0.1, 0.15) is 35.2 Å². The van der Waals surface area contributed by atoms with E-state index in [1.54, 1.807) is 34.1 Å². The number of nitrogens with zero attached hydrogens (tertiary/aromatic N) is 3. The van der Waals surface area contributed by atoms with Gasteiger partial charge in [0.05, 0.1) is 5.71 Å². The molecule has 7 nitrogen and oxygen atoms in total. The van der Waals surface area contributed by atoms with Gasteiger partial charge in [-0.1, -0.05) is 30.4 Å². The fourth-order valence-corrected chi connectivity index (χ4v) is 4.13. The molecule has 0 atom stereocenters. The van der Waals surface area contributed by atoms with E-state index in [0.29, 0.717) is 56.6 Å². The van der Waals surface area contributed by atoms with Crippen molar-refractivity contribution in [3.8, 4) is 0 Å². The maximum Gasteiger partial charge on any atom is 0.277 e. The van der Waals surface area contributed by atoms with E-state index in [9.17, 15) is 19.5 Å². The van der Waals surface area contributed by atoms with Crippen molar-refractivity contribution in [2.75, 3.05) is 26.2 Å². The lowest BCUT2D eigenvalue weighted by atomic mass is 9.93. The van der Waals surface area contributed by atoms with Crippen LogP contribution < -0.4 is 0 Å². The first-order chi connectivity index (χ1) is 14.9. The number of benzene rings is 1. The fourth-order valence-electron chi connectivity index (χ4n) is 4.13. The molecule has 0 spiro atoms. The Bertz CT molecular complexity index is 1080. The third-order valence-corrected chi connectivity index (χ3v) is 6.24. The summed E-state index contributed by atoms with van der Waals surface area (Å²) in [6.07, 6.45) is 9.44. The fraction of sp³-hybridized carbons (Fsp3) is 0.333. The predicted octanol–water partition coefficient (Wildman–Crippen LogP) is 1.75. The minimum atomic E-state index is -1.16. The van der Waals surface area contributed by atoms with Crippen molar-refractivity contribution in [2.45, 2.75) is 24.9 Å². The zero-order chi connectivity index (χ0) is 21.6. The van der Waals surface area contributed by atoms with E-state index < -0.39 is 5.60 Å². The van der Waals surface area contributed by atoms with Crippen LogP contribution in [-0.4, -0.2) is 70.1 Å². The summed E-state index contributed by atoms with van der Waals surface area (Å²) in [6, 6.07) is 7.01. The van der Waals surface area contributed by atoms with Crippen molar-refractivity contribution < 1.29 is 19.5 Å². The van der Waals surface area contributed by atoms with E-state index >= 15 is 0 Å². The van der Waals surface area contributed by atoms with Gasteiger partial charge >= 0.3 is 0 Å². The lowest BCUT2D eigenvalue weighted by molar-refractivity contribution is -0.143. The van der Waals surface area contributed by atoms with Gasteiger partial charge in [0.25, 0.3) is 17.7 Å². The zero-order valence-corrected chi connectivity index (χ0v) is 17.1. The lowest BCUT2D eigenvalue weighted by Gasteiger charge is -2.35. The van der Waals surface area contributed by atoms with Crippen molar-refractivity contribution >= 4 is 29.0 Å². The number of amides is 3. The molecule has 1 aromatic rings. The summed E-state index contributed by atoms with van der Waals surface area (Å²) < 4.78 is 0. The van der Waals surface area contributed by atoms with Gasteiger partial charge < -0.3 is 14.9 Å². The molecule has 0 radical (unpaired) electrons. The van der Waals surface area contributed by atoms with Crippen LogP contribution in [0, 0.1) is 0 Å². The summed E-state index contributed by atoms with van der Waals surface area (Å²) >= 11 is 0. The van der Waals surface area contributed by atoms with Crippen molar-refractivity contribution in [3.63, 3.8) is 0 Å². The van der Waals surface area contributed by atoms with Gasteiger partial charge in [-0.2, -0.15) is 0 Å². The molecular formula is C24H23N3O4. The number of carbonyl (C=O) groups excluding carboxylic acids is 3. The molecule has 3 amide bonds. The summed E-state index contributed by atoms with van der Waals surface area (Å²) in [5.41, 5.74) is 2.36. The highest BCUT2D eigenvalue weighted by atomic mass is 16.3. The van der Waals surface area contributed by atoms with Gasteiger partial charge in [-0.05, 0) is 42.2 Å². The summed E-state index contributed by atoms with van der Waals surface area (Å²) in [6.45, 7) is 1.73. The SMILES string of the molecule is O=C1N=C2CC=CC=C2C=C1c1ccc(C(=O)N2CCN(C(=O)C3(O)CC3)CC2)cc1. The molecule has 1 saturated heterocycles. The first kappa shape index (κ1) is 19.6. The van der Waals surface area contributed by atoms with Crippen LogP contribution >= 0.6 is 0 Å². The lowest BCUT2D eigenvalue weighted by Crippen LogP contribution is -2.53. The van der Waals surface area contributed by atoms with E-state index in [1.165, 1.54) is 0 Å². The first-order valence-electron chi connectivity index (χ1n) is 10.6. The van der Waals surface area contributed by atoms with Gasteiger partial charge in [0.1, 0.15) is 5.60 Å². The van der Waals surface area contributed by atoms with E-state index in [2.05, 4.69) is 4.99 Å². The molecule has 5 rings (SSSR count). The van der Waals surface area contributed by atoms with Crippen molar-refractivity contribution in [1.29, 1.82) is 0 Å². The molecule has 2 aliphatic heterocycles. The molecule has 4 aliphatic rings. The van der Waals surface area contributed by atoms with Crippen LogP contribution in [-0.2, 0) is 9.59 Å². The Kier molecular flexibility index (Phi) is 4.70. The second kappa shape index (κ2) is 7.42. The Morgan fingerprint density at radius 3 is 2.35 bits per heavy atom. The number of hydrogen-bond donors (Lipinski definition) is 1. The number of hydrogen-bond acceptors (Lipinski definition) is 4. The molecule has 2 aliphatic carbocycles. The molecule has 1 N–H and O–H groups in total. The van der Waals surface area contributed by atoms with E-state index in [0.717, 1.165) is 16.8 Å². The van der Waals surface area contributed by atoms with Crippen LogP contribution in [0.4, 0.5) is 0 Å². The summed E-state index contributed by atoms with van der Waals surface area (Å²) in [7, 11) is 0. The van der Waals surface area contributed by atoms with Crippen molar-refractivity contribution in [3.05, 3.63) is 65.3 Å². The molecule has 7 heteroatoms. The third-order valence-electron chi connectivity index (χ3n) is 6.24. The summed E-state index contributed by atoms with van der Waals surface area (Å²) in [5.74, 6) is -0.587. The Labute approximate surface area is 180 Å². The number of fused-ring (bicyclic) bond motifs is 1.